The van der Waals surface area contributed by atoms with Gasteiger partial charge in [-0.2, -0.15) is 0 Å². The number of aryl methyl sites for hydroxylation is 2. The normalized spacial score (nSPS) is 12.5. The molecule has 0 bridgehead atoms. The molecule has 0 aliphatic carbocycles. The Morgan fingerprint density at radius 1 is 1.18 bits per heavy atom. The molecule has 0 spiro atoms. The zero-order valence-corrected chi connectivity index (χ0v) is 11.2. The highest BCUT2D eigenvalue weighted by Gasteiger charge is 2.09. The van der Waals surface area contributed by atoms with E-state index in [1.165, 1.54) is 11.1 Å². The summed E-state index contributed by atoms with van der Waals surface area (Å²) in [5.74, 6) is 0.992. The summed E-state index contributed by atoms with van der Waals surface area (Å²) < 4.78 is 11.1. The van der Waals surface area contributed by atoms with E-state index in [0.717, 1.165) is 12.3 Å². The molecule has 1 rings (SSSR count). The van der Waals surface area contributed by atoms with Gasteiger partial charge >= 0.3 is 0 Å². The lowest BCUT2D eigenvalue weighted by atomic mass is 10.1. The molecule has 3 heteroatoms. The third-order valence-electron chi connectivity index (χ3n) is 2.70. The Balaban J connectivity index is 2.58. The van der Waals surface area contributed by atoms with Crippen LogP contribution in [0.2, 0.25) is 0 Å². The highest BCUT2D eigenvalue weighted by atomic mass is 16.5. The number of nitrogens with one attached hydrogen (secondary N) is 1. The topological polar surface area (TPSA) is 30.5 Å². The molecule has 0 amide bonds. The third-order valence-corrected chi connectivity index (χ3v) is 2.70. The zero-order chi connectivity index (χ0) is 12.7. The van der Waals surface area contributed by atoms with E-state index in [1.807, 2.05) is 0 Å². The molecule has 1 aromatic rings. The Labute approximate surface area is 104 Å². The van der Waals surface area contributed by atoms with Crippen LogP contribution < -0.4 is 10.1 Å². The lowest BCUT2D eigenvalue weighted by molar-refractivity contribution is 0.136. The molecule has 1 unspecified atom stereocenters. The summed E-state index contributed by atoms with van der Waals surface area (Å²) in [7, 11) is 1.71. The van der Waals surface area contributed by atoms with Crippen molar-refractivity contribution in [1.82, 2.24) is 5.32 Å². The fourth-order valence-corrected chi connectivity index (χ4v) is 1.87. The second-order valence-electron chi connectivity index (χ2n) is 4.24. The molecule has 0 aliphatic heterocycles. The highest BCUT2D eigenvalue weighted by molar-refractivity contribution is 5.39. The van der Waals surface area contributed by atoms with Gasteiger partial charge < -0.3 is 14.8 Å². The molecule has 0 fully saturated rings. The van der Waals surface area contributed by atoms with Crippen molar-refractivity contribution in [1.29, 1.82) is 0 Å². The Kier molecular flexibility index (Phi) is 6.01. The predicted octanol–water partition coefficient (Wildman–Crippen LogP) is 2.31. The van der Waals surface area contributed by atoms with Gasteiger partial charge in [-0.05, 0) is 31.5 Å². The van der Waals surface area contributed by atoms with Crippen molar-refractivity contribution in [2.24, 2.45) is 0 Å². The second-order valence-corrected chi connectivity index (χ2v) is 4.24. The van der Waals surface area contributed by atoms with Gasteiger partial charge in [-0.15, -0.1) is 0 Å². The first kappa shape index (κ1) is 14.0. The molecule has 0 heterocycles. The molecule has 1 N–H and O–H groups in total. The summed E-state index contributed by atoms with van der Waals surface area (Å²) >= 11 is 0. The SMILES string of the molecule is CCNC(COC)COc1c(C)cccc1C. The fraction of sp³-hybridized carbons (Fsp3) is 0.571. The Bertz CT molecular complexity index is 313. The van der Waals surface area contributed by atoms with Gasteiger partial charge in [0.25, 0.3) is 0 Å². The first-order valence-electron chi connectivity index (χ1n) is 6.10. The Morgan fingerprint density at radius 2 is 1.82 bits per heavy atom. The number of hydrogen-bond acceptors (Lipinski definition) is 3. The summed E-state index contributed by atoms with van der Waals surface area (Å²) in [5.41, 5.74) is 2.36. The largest absolute Gasteiger partial charge is 0.491 e. The van der Waals surface area contributed by atoms with Gasteiger partial charge in [-0.25, -0.2) is 0 Å². The second kappa shape index (κ2) is 7.30. The quantitative estimate of drug-likeness (QED) is 0.789. The first-order valence-corrected chi connectivity index (χ1v) is 6.10. The number of rotatable bonds is 7. The minimum absolute atomic E-state index is 0.240. The minimum atomic E-state index is 0.240. The molecule has 0 saturated heterocycles. The van der Waals surface area contributed by atoms with Crippen molar-refractivity contribution in [3.8, 4) is 5.75 Å². The van der Waals surface area contributed by atoms with Gasteiger partial charge in [0, 0.05) is 7.11 Å². The molecule has 17 heavy (non-hydrogen) atoms. The zero-order valence-electron chi connectivity index (χ0n) is 11.2. The standard InChI is InChI=1S/C14H23NO2/c1-5-15-13(9-16-4)10-17-14-11(2)7-6-8-12(14)3/h6-8,13,15H,5,9-10H2,1-4H3. The fourth-order valence-electron chi connectivity index (χ4n) is 1.87. The molecule has 0 aliphatic rings. The van der Waals surface area contributed by atoms with Gasteiger partial charge in [-0.3, -0.25) is 0 Å². The number of methoxy groups -OCH3 is 1. The van der Waals surface area contributed by atoms with Crippen LogP contribution in [-0.2, 0) is 4.74 Å². The van der Waals surface area contributed by atoms with E-state index in [1.54, 1.807) is 7.11 Å². The number of ether oxygens (including phenoxy) is 2. The van der Waals surface area contributed by atoms with Crippen LogP contribution in [0.1, 0.15) is 18.1 Å². The number of hydrogen-bond donors (Lipinski definition) is 1. The van der Waals surface area contributed by atoms with Crippen LogP contribution >= 0.6 is 0 Å². The van der Waals surface area contributed by atoms with E-state index in [-0.39, 0.29) is 6.04 Å². The van der Waals surface area contributed by atoms with Crippen LogP contribution in [0.25, 0.3) is 0 Å². The van der Waals surface area contributed by atoms with Crippen molar-refractivity contribution < 1.29 is 9.47 Å². The molecule has 96 valence electrons. The minimum Gasteiger partial charge on any atom is -0.491 e. The number of para-hydroxylation sites is 1. The predicted molar refractivity (Wildman–Crippen MR) is 70.8 cm³/mol. The van der Waals surface area contributed by atoms with E-state index in [4.69, 9.17) is 9.47 Å². The average Bonchev–Trinajstić information content (AvgIpc) is 2.29. The van der Waals surface area contributed by atoms with Crippen LogP contribution in [0.5, 0.6) is 5.75 Å². The number of benzene rings is 1. The van der Waals surface area contributed by atoms with Crippen LogP contribution in [0.4, 0.5) is 0 Å². The van der Waals surface area contributed by atoms with Crippen LogP contribution in [0, 0.1) is 13.8 Å². The lowest BCUT2D eigenvalue weighted by Gasteiger charge is -2.19. The summed E-state index contributed by atoms with van der Waals surface area (Å²) in [6.45, 7) is 8.44. The Hall–Kier alpha value is -1.06. The summed E-state index contributed by atoms with van der Waals surface area (Å²) in [6, 6.07) is 6.43. The molecule has 0 radical (unpaired) electrons. The maximum Gasteiger partial charge on any atom is 0.125 e. The number of likely N-dealkylation sites (N-methyl/N-ethyl adjacent to an activating group) is 1. The molecule has 0 aromatic heterocycles. The van der Waals surface area contributed by atoms with E-state index in [9.17, 15) is 0 Å². The monoisotopic (exact) mass is 237 g/mol. The van der Waals surface area contributed by atoms with Crippen LogP contribution in [0.15, 0.2) is 18.2 Å². The molecule has 0 saturated carbocycles. The van der Waals surface area contributed by atoms with E-state index < -0.39 is 0 Å². The van der Waals surface area contributed by atoms with Gasteiger partial charge in [0.05, 0.1) is 12.6 Å². The van der Waals surface area contributed by atoms with Crippen LogP contribution in [0.3, 0.4) is 0 Å². The molecular weight excluding hydrogens is 214 g/mol. The average molecular weight is 237 g/mol. The maximum absolute atomic E-state index is 5.89. The Morgan fingerprint density at radius 3 is 2.35 bits per heavy atom. The van der Waals surface area contributed by atoms with Gasteiger partial charge in [-0.1, -0.05) is 25.1 Å². The molecule has 1 atom stereocenters. The molecule has 1 aromatic carbocycles. The molecule has 3 nitrogen and oxygen atoms in total. The van der Waals surface area contributed by atoms with E-state index in [0.29, 0.717) is 13.2 Å². The van der Waals surface area contributed by atoms with Crippen LogP contribution in [-0.4, -0.2) is 32.9 Å². The lowest BCUT2D eigenvalue weighted by Crippen LogP contribution is -2.38. The van der Waals surface area contributed by atoms with Gasteiger partial charge in [0.1, 0.15) is 12.4 Å². The molecular formula is C14H23NO2. The van der Waals surface area contributed by atoms with Crippen molar-refractivity contribution in [2.45, 2.75) is 26.8 Å². The summed E-state index contributed by atoms with van der Waals surface area (Å²) in [6.07, 6.45) is 0. The van der Waals surface area contributed by atoms with Crippen molar-refractivity contribution in [3.05, 3.63) is 29.3 Å². The van der Waals surface area contributed by atoms with Crippen molar-refractivity contribution in [3.63, 3.8) is 0 Å². The van der Waals surface area contributed by atoms with Gasteiger partial charge in [0.15, 0.2) is 0 Å². The maximum atomic E-state index is 5.89. The highest BCUT2D eigenvalue weighted by Crippen LogP contribution is 2.22. The van der Waals surface area contributed by atoms with E-state index in [2.05, 4.69) is 44.3 Å². The van der Waals surface area contributed by atoms with Crippen molar-refractivity contribution >= 4 is 0 Å². The van der Waals surface area contributed by atoms with Crippen molar-refractivity contribution in [2.75, 3.05) is 26.9 Å². The van der Waals surface area contributed by atoms with Gasteiger partial charge in [0.2, 0.25) is 0 Å². The first-order chi connectivity index (χ1) is 8.19. The summed E-state index contributed by atoms with van der Waals surface area (Å²) in [4.78, 5) is 0. The summed E-state index contributed by atoms with van der Waals surface area (Å²) in [5, 5.41) is 3.34. The van der Waals surface area contributed by atoms with E-state index >= 15 is 0 Å². The third kappa shape index (κ3) is 4.36. The smallest absolute Gasteiger partial charge is 0.125 e.